The Morgan fingerprint density at radius 2 is 2.46 bits per heavy atom. The van der Waals surface area contributed by atoms with Gasteiger partial charge in [-0.3, -0.25) is 4.79 Å². The van der Waals surface area contributed by atoms with Gasteiger partial charge in [-0.15, -0.1) is 0 Å². The van der Waals surface area contributed by atoms with Crippen molar-refractivity contribution < 1.29 is 4.79 Å². The highest BCUT2D eigenvalue weighted by atomic mass is 32.2. The summed E-state index contributed by atoms with van der Waals surface area (Å²) < 4.78 is 0. The number of rotatable bonds is 4. The number of thioether (sulfide) groups is 1. The number of carbonyl (C=O) groups excluding carboxylic acids is 1. The van der Waals surface area contributed by atoms with Gasteiger partial charge in [-0.2, -0.15) is 11.8 Å². The van der Waals surface area contributed by atoms with Gasteiger partial charge < -0.3 is 10.2 Å². The number of hydrogen-bond acceptors (Lipinski definition) is 3. The van der Waals surface area contributed by atoms with Gasteiger partial charge in [-0.1, -0.05) is 0 Å². The van der Waals surface area contributed by atoms with E-state index in [1.807, 2.05) is 23.7 Å². The van der Waals surface area contributed by atoms with Crippen LogP contribution in [0.3, 0.4) is 0 Å². The van der Waals surface area contributed by atoms with Gasteiger partial charge >= 0.3 is 0 Å². The lowest BCUT2D eigenvalue weighted by atomic mass is 10.2. The van der Waals surface area contributed by atoms with Gasteiger partial charge in [0.05, 0.1) is 6.54 Å². The molecule has 1 saturated heterocycles. The van der Waals surface area contributed by atoms with Crippen LogP contribution in [-0.4, -0.2) is 48.5 Å². The Balaban J connectivity index is 2.44. The largest absolute Gasteiger partial charge is 0.338 e. The van der Waals surface area contributed by atoms with Gasteiger partial charge in [-0.25, -0.2) is 0 Å². The van der Waals surface area contributed by atoms with Crippen LogP contribution in [0.2, 0.25) is 0 Å². The number of nitrogens with one attached hydrogen (secondary N) is 1. The van der Waals surface area contributed by atoms with Crippen LogP contribution in [0.1, 0.15) is 13.3 Å². The van der Waals surface area contributed by atoms with Crippen molar-refractivity contribution in [1.82, 2.24) is 10.2 Å². The number of amides is 1. The Bertz CT molecular complexity index is 169. The van der Waals surface area contributed by atoms with Crippen LogP contribution in [0.4, 0.5) is 0 Å². The van der Waals surface area contributed by atoms with E-state index in [1.165, 1.54) is 5.75 Å². The Labute approximate surface area is 84.2 Å². The summed E-state index contributed by atoms with van der Waals surface area (Å²) in [6, 6.07) is 0.482. The molecule has 1 aliphatic rings. The molecule has 0 bridgehead atoms. The molecule has 0 aromatic heterocycles. The van der Waals surface area contributed by atoms with E-state index in [0.717, 1.165) is 18.7 Å². The summed E-state index contributed by atoms with van der Waals surface area (Å²) in [4.78, 5) is 13.6. The summed E-state index contributed by atoms with van der Waals surface area (Å²) in [6.45, 7) is 3.36. The number of hydrogen-bond donors (Lipinski definition) is 1. The third-order valence-corrected chi connectivity index (χ3v) is 3.48. The smallest absolute Gasteiger partial charge is 0.236 e. The van der Waals surface area contributed by atoms with Crippen molar-refractivity contribution in [3.8, 4) is 0 Å². The fourth-order valence-corrected chi connectivity index (χ4v) is 2.88. The molecule has 0 radical (unpaired) electrons. The zero-order chi connectivity index (χ0) is 9.68. The molecule has 1 rings (SSSR count). The molecule has 76 valence electrons. The molecule has 0 spiro atoms. The van der Waals surface area contributed by atoms with Crippen molar-refractivity contribution in [2.75, 3.05) is 31.6 Å². The Hall–Kier alpha value is -0.220. The van der Waals surface area contributed by atoms with E-state index >= 15 is 0 Å². The Kier molecular flexibility index (Phi) is 4.59. The first-order valence-corrected chi connectivity index (χ1v) is 5.96. The molecule has 1 N–H and O–H groups in total. The fourth-order valence-electron chi connectivity index (χ4n) is 1.66. The highest BCUT2D eigenvalue weighted by Crippen LogP contribution is 2.22. The number of nitrogens with zero attached hydrogens (tertiary/aromatic N) is 1. The molecule has 3 nitrogen and oxygen atoms in total. The van der Waals surface area contributed by atoms with Crippen LogP contribution >= 0.6 is 11.8 Å². The summed E-state index contributed by atoms with van der Waals surface area (Å²) in [5, 5.41) is 2.91. The summed E-state index contributed by atoms with van der Waals surface area (Å²) in [7, 11) is 1.81. The molecule has 1 atom stereocenters. The topological polar surface area (TPSA) is 32.3 Å². The number of carbonyl (C=O) groups is 1. The SMILES string of the molecule is CCN(C(=O)CNC)[C@H]1CCSC1. The van der Waals surface area contributed by atoms with Crippen LogP contribution in [0.15, 0.2) is 0 Å². The van der Waals surface area contributed by atoms with Crippen LogP contribution in [-0.2, 0) is 4.79 Å². The van der Waals surface area contributed by atoms with Crippen molar-refractivity contribution in [3.63, 3.8) is 0 Å². The molecule has 13 heavy (non-hydrogen) atoms. The standard InChI is InChI=1S/C9H18N2OS/c1-3-11(9(12)6-10-2)8-4-5-13-7-8/h8,10H,3-7H2,1-2H3/t8-/m0/s1. The lowest BCUT2D eigenvalue weighted by Crippen LogP contribution is -2.44. The maximum Gasteiger partial charge on any atom is 0.236 e. The number of likely N-dealkylation sites (N-methyl/N-ethyl adjacent to an activating group) is 2. The average Bonchev–Trinajstić information content (AvgIpc) is 2.59. The highest BCUT2D eigenvalue weighted by Gasteiger charge is 2.24. The van der Waals surface area contributed by atoms with Crippen molar-refractivity contribution in [2.24, 2.45) is 0 Å². The molecule has 1 fully saturated rings. The zero-order valence-electron chi connectivity index (χ0n) is 8.38. The van der Waals surface area contributed by atoms with Crippen LogP contribution in [0.5, 0.6) is 0 Å². The molecule has 1 heterocycles. The molecule has 1 amide bonds. The molecule has 0 aliphatic carbocycles. The highest BCUT2D eigenvalue weighted by molar-refractivity contribution is 7.99. The van der Waals surface area contributed by atoms with E-state index in [2.05, 4.69) is 12.2 Å². The third-order valence-electron chi connectivity index (χ3n) is 2.34. The van der Waals surface area contributed by atoms with Gasteiger partial charge in [0.2, 0.25) is 5.91 Å². The molecule has 4 heteroatoms. The lowest BCUT2D eigenvalue weighted by molar-refractivity contribution is -0.131. The van der Waals surface area contributed by atoms with Crippen LogP contribution in [0.25, 0.3) is 0 Å². The molecule has 0 saturated carbocycles. The van der Waals surface area contributed by atoms with Gasteiger partial charge in [0.15, 0.2) is 0 Å². The predicted octanol–water partition coefficient (Wildman–Crippen LogP) is 0.560. The first-order valence-electron chi connectivity index (χ1n) is 4.81. The first kappa shape index (κ1) is 10.9. The maximum absolute atomic E-state index is 11.6. The molecule has 0 aromatic rings. The van der Waals surface area contributed by atoms with E-state index < -0.39 is 0 Å². The molecule has 0 unspecified atom stereocenters. The van der Waals surface area contributed by atoms with E-state index in [4.69, 9.17) is 0 Å². The van der Waals surface area contributed by atoms with Gasteiger partial charge in [0, 0.05) is 18.3 Å². The summed E-state index contributed by atoms with van der Waals surface area (Å²) in [5.41, 5.74) is 0. The quantitative estimate of drug-likeness (QED) is 0.723. The summed E-state index contributed by atoms with van der Waals surface area (Å²) in [6.07, 6.45) is 1.16. The van der Waals surface area contributed by atoms with E-state index in [0.29, 0.717) is 12.6 Å². The van der Waals surface area contributed by atoms with Crippen molar-refractivity contribution in [3.05, 3.63) is 0 Å². The minimum atomic E-state index is 0.234. The molecular weight excluding hydrogens is 184 g/mol. The maximum atomic E-state index is 11.6. The second-order valence-corrected chi connectivity index (χ2v) is 4.38. The van der Waals surface area contributed by atoms with Gasteiger partial charge in [0.1, 0.15) is 0 Å². The monoisotopic (exact) mass is 202 g/mol. The summed E-state index contributed by atoms with van der Waals surface area (Å²) >= 11 is 1.95. The van der Waals surface area contributed by atoms with Gasteiger partial charge in [0.25, 0.3) is 0 Å². The van der Waals surface area contributed by atoms with Crippen molar-refractivity contribution >= 4 is 17.7 Å². The van der Waals surface area contributed by atoms with E-state index in [9.17, 15) is 4.79 Å². The second kappa shape index (κ2) is 5.50. The Morgan fingerprint density at radius 3 is 2.92 bits per heavy atom. The predicted molar refractivity (Wildman–Crippen MR) is 57.0 cm³/mol. The average molecular weight is 202 g/mol. The van der Waals surface area contributed by atoms with E-state index in [1.54, 1.807) is 0 Å². The van der Waals surface area contributed by atoms with Crippen LogP contribution in [0, 0.1) is 0 Å². The first-order chi connectivity index (χ1) is 6.29. The molecule has 0 aromatic carbocycles. The van der Waals surface area contributed by atoms with Gasteiger partial charge in [-0.05, 0) is 26.1 Å². The molecular formula is C9H18N2OS. The minimum Gasteiger partial charge on any atom is -0.338 e. The Morgan fingerprint density at radius 1 is 1.69 bits per heavy atom. The summed E-state index contributed by atoms with van der Waals surface area (Å²) in [5.74, 6) is 2.55. The van der Waals surface area contributed by atoms with Crippen LogP contribution < -0.4 is 5.32 Å². The second-order valence-electron chi connectivity index (χ2n) is 3.23. The third kappa shape index (κ3) is 2.88. The normalized spacial score (nSPS) is 21.8. The van der Waals surface area contributed by atoms with E-state index in [-0.39, 0.29) is 5.91 Å². The lowest BCUT2D eigenvalue weighted by Gasteiger charge is -2.27. The fraction of sp³-hybridized carbons (Fsp3) is 0.889. The minimum absolute atomic E-state index is 0.234. The van der Waals surface area contributed by atoms with Crippen molar-refractivity contribution in [1.29, 1.82) is 0 Å². The van der Waals surface area contributed by atoms with Crippen molar-refractivity contribution in [2.45, 2.75) is 19.4 Å². The molecule has 1 aliphatic heterocycles. The zero-order valence-corrected chi connectivity index (χ0v) is 9.19.